The van der Waals surface area contributed by atoms with Crippen molar-refractivity contribution in [2.75, 3.05) is 0 Å². The van der Waals surface area contributed by atoms with Crippen LogP contribution in [0.15, 0.2) is 23.4 Å². The third-order valence-electron chi connectivity index (χ3n) is 3.28. The molecule has 0 bridgehead atoms. The van der Waals surface area contributed by atoms with Crippen LogP contribution < -0.4 is 0 Å². The number of fused-ring (bicyclic) bond motifs is 3. The van der Waals surface area contributed by atoms with E-state index in [9.17, 15) is 0 Å². The molecule has 16 heavy (non-hydrogen) atoms. The van der Waals surface area contributed by atoms with Gasteiger partial charge in [-0.1, -0.05) is 16.8 Å². The fourth-order valence-electron chi connectivity index (χ4n) is 2.54. The predicted octanol–water partition coefficient (Wildman–Crippen LogP) is 2.99. The van der Waals surface area contributed by atoms with Crippen LogP contribution in [-0.4, -0.2) is 15.9 Å². The molecule has 1 aliphatic carbocycles. The van der Waals surface area contributed by atoms with Gasteiger partial charge in [-0.15, -0.1) is 0 Å². The Kier molecular flexibility index (Phi) is 1.99. The van der Waals surface area contributed by atoms with Crippen LogP contribution in [-0.2, 0) is 6.42 Å². The maximum absolute atomic E-state index is 9.06. The lowest BCUT2D eigenvalue weighted by Gasteiger charge is -2.12. The Morgan fingerprint density at radius 2 is 2.19 bits per heavy atom. The summed E-state index contributed by atoms with van der Waals surface area (Å²) < 4.78 is 0. The second-order valence-corrected chi connectivity index (χ2v) is 4.43. The highest BCUT2D eigenvalue weighted by atomic mass is 16.4. The molecule has 0 atom stereocenters. The van der Waals surface area contributed by atoms with Crippen LogP contribution in [0.3, 0.4) is 0 Å². The molecule has 3 rings (SSSR count). The maximum Gasteiger partial charge on any atom is 0.0892 e. The van der Waals surface area contributed by atoms with Gasteiger partial charge in [0.2, 0.25) is 0 Å². The number of aromatic nitrogens is 1. The van der Waals surface area contributed by atoms with Gasteiger partial charge in [-0.3, -0.25) is 0 Å². The Bertz CT molecular complexity index is 581. The second kappa shape index (κ2) is 3.37. The molecule has 0 aliphatic heterocycles. The quantitative estimate of drug-likeness (QED) is 0.514. The smallest absolute Gasteiger partial charge is 0.0892 e. The van der Waals surface area contributed by atoms with Crippen LogP contribution in [0.4, 0.5) is 0 Å². The van der Waals surface area contributed by atoms with Crippen molar-refractivity contribution >= 4 is 16.6 Å². The van der Waals surface area contributed by atoms with Gasteiger partial charge in [-0.2, -0.15) is 0 Å². The van der Waals surface area contributed by atoms with E-state index >= 15 is 0 Å². The molecule has 0 unspecified atom stereocenters. The van der Waals surface area contributed by atoms with Gasteiger partial charge in [-0.05, 0) is 38.3 Å². The van der Waals surface area contributed by atoms with Crippen molar-refractivity contribution in [3.05, 3.63) is 35.0 Å². The minimum Gasteiger partial charge on any atom is -0.411 e. The number of nitrogens with one attached hydrogen (secondary N) is 1. The number of H-pyrrole nitrogens is 1. The summed E-state index contributed by atoms with van der Waals surface area (Å²) in [6, 6.07) is 6.35. The van der Waals surface area contributed by atoms with E-state index < -0.39 is 0 Å². The van der Waals surface area contributed by atoms with Crippen molar-refractivity contribution in [3.8, 4) is 0 Å². The molecule has 0 radical (unpaired) electrons. The monoisotopic (exact) mass is 214 g/mol. The van der Waals surface area contributed by atoms with Gasteiger partial charge in [0.15, 0.2) is 0 Å². The van der Waals surface area contributed by atoms with Crippen LogP contribution in [0.1, 0.15) is 29.7 Å². The van der Waals surface area contributed by atoms with Crippen LogP contribution in [0.5, 0.6) is 0 Å². The molecule has 1 aliphatic rings. The van der Waals surface area contributed by atoms with E-state index in [-0.39, 0.29) is 0 Å². The number of rotatable bonds is 0. The van der Waals surface area contributed by atoms with Crippen LogP contribution >= 0.6 is 0 Å². The van der Waals surface area contributed by atoms with E-state index in [0.29, 0.717) is 0 Å². The number of oxime groups is 1. The lowest BCUT2D eigenvalue weighted by Crippen LogP contribution is -2.10. The van der Waals surface area contributed by atoms with Gasteiger partial charge in [0, 0.05) is 22.2 Å². The number of benzene rings is 1. The van der Waals surface area contributed by atoms with E-state index in [1.807, 2.05) is 0 Å². The van der Waals surface area contributed by atoms with E-state index in [4.69, 9.17) is 5.21 Å². The van der Waals surface area contributed by atoms with Gasteiger partial charge >= 0.3 is 0 Å². The standard InChI is InChI=1S/C13H14N2O/c1-8-5-6-10-9(7-8)13-11(14-10)3-2-4-12(13)15-16/h5-7,14,16H,2-4H2,1H3. The molecule has 2 N–H and O–H groups in total. The SMILES string of the molecule is Cc1ccc2[nH]c3c(c2c1)C(=NO)CCC3. The average molecular weight is 214 g/mol. The van der Waals surface area contributed by atoms with Crippen molar-refractivity contribution in [2.45, 2.75) is 26.2 Å². The lowest BCUT2D eigenvalue weighted by molar-refractivity contribution is 0.317. The average Bonchev–Trinajstić information content (AvgIpc) is 2.66. The summed E-state index contributed by atoms with van der Waals surface area (Å²) in [5.41, 5.74) is 5.51. The Morgan fingerprint density at radius 1 is 1.31 bits per heavy atom. The number of nitrogens with zero attached hydrogens (tertiary/aromatic N) is 1. The van der Waals surface area contributed by atoms with Crippen molar-refractivity contribution in [2.24, 2.45) is 5.16 Å². The van der Waals surface area contributed by atoms with E-state index in [0.717, 1.165) is 36.1 Å². The first kappa shape index (κ1) is 9.46. The first-order chi connectivity index (χ1) is 7.79. The molecule has 3 heteroatoms. The summed E-state index contributed by atoms with van der Waals surface area (Å²) in [7, 11) is 0. The highest BCUT2D eigenvalue weighted by Gasteiger charge is 2.21. The van der Waals surface area contributed by atoms with Crippen molar-refractivity contribution in [1.29, 1.82) is 0 Å². The van der Waals surface area contributed by atoms with Gasteiger partial charge in [0.25, 0.3) is 0 Å². The molecule has 82 valence electrons. The van der Waals surface area contributed by atoms with Crippen LogP contribution in [0, 0.1) is 6.92 Å². The zero-order chi connectivity index (χ0) is 11.1. The summed E-state index contributed by atoms with van der Waals surface area (Å²) >= 11 is 0. The van der Waals surface area contributed by atoms with E-state index in [1.54, 1.807) is 0 Å². The predicted molar refractivity (Wildman–Crippen MR) is 64.3 cm³/mol. The zero-order valence-electron chi connectivity index (χ0n) is 9.25. The molecule has 0 spiro atoms. The highest BCUT2D eigenvalue weighted by molar-refractivity contribution is 6.12. The third kappa shape index (κ3) is 1.24. The van der Waals surface area contributed by atoms with E-state index in [1.165, 1.54) is 16.6 Å². The van der Waals surface area contributed by atoms with Gasteiger partial charge in [0.1, 0.15) is 0 Å². The van der Waals surface area contributed by atoms with Crippen molar-refractivity contribution in [1.82, 2.24) is 4.98 Å². The number of aryl methyl sites for hydroxylation is 2. The largest absolute Gasteiger partial charge is 0.411 e. The third-order valence-corrected chi connectivity index (χ3v) is 3.28. The summed E-state index contributed by atoms with van der Waals surface area (Å²) in [4.78, 5) is 3.42. The first-order valence-electron chi connectivity index (χ1n) is 5.62. The molecule has 0 amide bonds. The number of hydrogen-bond acceptors (Lipinski definition) is 2. The molecule has 2 aromatic rings. The van der Waals surface area contributed by atoms with Crippen molar-refractivity contribution in [3.63, 3.8) is 0 Å². The Labute approximate surface area is 93.8 Å². The summed E-state index contributed by atoms with van der Waals surface area (Å²) in [5.74, 6) is 0. The minimum atomic E-state index is 0.818. The van der Waals surface area contributed by atoms with Gasteiger partial charge < -0.3 is 10.2 Å². The molecule has 0 saturated heterocycles. The highest BCUT2D eigenvalue weighted by Crippen LogP contribution is 2.29. The Hall–Kier alpha value is -1.77. The van der Waals surface area contributed by atoms with E-state index in [2.05, 4.69) is 35.3 Å². The van der Waals surface area contributed by atoms with Crippen LogP contribution in [0.25, 0.3) is 10.9 Å². The zero-order valence-corrected chi connectivity index (χ0v) is 9.25. The van der Waals surface area contributed by atoms with Gasteiger partial charge in [0.05, 0.1) is 5.71 Å². The maximum atomic E-state index is 9.06. The molecule has 0 saturated carbocycles. The molecule has 1 heterocycles. The van der Waals surface area contributed by atoms with Crippen LogP contribution in [0.2, 0.25) is 0 Å². The van der Waals surface area contributed by atoms with Gasteiger partial charge in [-0.25, -0.2) is 0 Å². The Balaban J connectivity index is 2.36. The summed E-state index contributed by atoms with van der Waals surface area (Å²) in [6.45, 7) is 2.08. The first-order valence-corrected chi connectivity index (χ1v) is 5.62. The van der Waals surface area contributed by atoms with Crippen molar-refractivity contribution < 1.29 is 5.21 Å². The normalized spacial score (nSPS) is 17.9. The fraction of sp³-hybridized carbons (Fsp3) is 0.308. The molecular weight excluding hydrogens is 200 g/mol. The Morgan fingerprint density at radius 3 is 3.00 bits per heavy atom. The topological polar surface area (TPSA) is 48.4 Å². The summed E-state index contributed by atoms with van der Waals surface area (Å²) in [6.07, 6.45) is 2.96. The molecule has 0 fully saturated rings. The molecular formula is C13H14N2O. The molecule has 1 aromatic carbocycles. The minimum absolute atomic E-state index is 0.818. The molecule has 3 nitrogen and oxygen atoms in total. The number of aromatic amines is 1. The lowest BCUT2D eigenvalue weighted by atomic mass is 9.93. The molecule has 1 aromatic heterocycles. The second-order valence-electron chi connectivity index (χ2n) is 4.43. The fourth-order valence-corrected chi connectivity index (χ4v) is 2.54. The summed E-state index contributed by atoms with van der Waals surface area (Å²) in [5, 5.41) is 13.7. The number of hydrogen-bond donors (Lipinski definition) is 2.